The molecule has 6 heteroatoms. The van der Waals surface area contributed by atoms with Crippen molar-refractivity contribution >= 4 is 11.8 Å². The lowest BCUT2D eigenvalue weighted by molar-refractivity contribution is -0.143. The summed E-state index contributed by atoms with van der Waals surface area (Å²) in [5.41, 5.74) is 0.924. The lowest BCUT2D eigenvalue weighted by atomic mass is 10.1. The second-order valence-corrected chi connectivity index (χ2v) is 6.84. The maximum atomic E-state index is 13.0. The SMILES string of the molecule is CCC(C(=O)NC(C)C)N(Cc1ccccc1)C(=O)COc1ccc(F)cc1. The smallest absolute Gasteiger partial charge is 0.261 e. The molecule has 2 aromatic rings. The lowest BCUT2D eigenvalue weighted by Crippen LogP contribution is -2.51. The third kappa shape index (κ3) is 6.37. The Morgan fingerprint density at radius 2 is 1.71 bits per heavy atom. The van der Waals surface area contributed by atoms with E-state index in [2.05, 4.69) is 5.32 Å². The van der Waals surface area contributed by atoms with Crippen LogP contribution in [0.4, 0.5) is 4.39 Å². The molecule has 0 heterocycles. The highest BCUT2D eigenvalue weighted by atomic mass is 19.1. The molecule has 5 nitrogen and oxygen atoms in total. The molecule has 2 rings (SSSR count). The predicted molar refractivity (Wildman–Crippen MR) is 106 cm³/mol. The van der Waals surface area contributed by atoms with Gasteiger partial charge in [-0.05, 0) is 50.1 Å². The van der Waals surface area contributed by atoms with Crippen molar-refractivity contribution in [3.8, 4) is 5.75 Å². The first-order valence-corrected chi connectivity index (χ1v) is 9.42. The summed E-state index contributed by atoms with van der Waals surface area (Å²) in [7, 11) is 0. The Morgan fingerprint density at radius 3 is 2.29 bits per heavy atom. The average Bonchev–Trinajstić information content (AvgIpc) is 2.67. The molecule has 0 saturated carbocycles. The van der Waals surface area contributed by atoms with E-state index in [0.29, 0.717) is 18.7 Å². The van der Waals surface area contributed by atoms with Crippen LogP contribution in [0, 0.1) is 5.82 Å². The molecule has 2 aromatic carbocycles. The van der Waals surface area contributed by atoms with E-state index >= 15 is 0 Å². The average molecular weight is 386 g/mol. The Morgan fingerprint density at radius 1 is 1.07 bits per heavy atom. The summed E-state index contributed by atoms with van der Waals surface area (Å²) in [5, 5.41) is 2.88. The lowest BCUT2D eigenvalue weighted by Gasteiger charge is -2.31. The summed E-state index contributed by atoms with van der Waals surface area (Å²) in [6, 6.07) is 14.3. The number of carbonyl (C=O) groups excluding carboxylic acids is 2. The maximum absolute atomic E-state index is 13.0. The van der Waals surface area contributed by atoms with E-state index in [-0.39, 0.29) is 30.3 Å². The van der Waals surface area contributed by atoms with E-state index in [9.17, 15) is 14.0 Å². The van der Waals surface area contributed by atoms with Crippen LogP contribution in [0.2, 0.25) is 0 Å². The molecule has 28 heavy (non-hydrogen) atoms. The van der Waals surface area contributed by atoms with Crippen molar-refractivity contribution in [1.29, 1.82) is 0 Å². The van der Waals surface area contributed by atoms with Crippen molar-refractivity contribution in [3.63, 3.8) is 0 Å². The molecule has 1 atom stereocenters. The molecule has 0 spiro atoms. The summed E-state index contributed by atoms with van der Waals surface area (Å²) < 4.78 is 18.5. The molecule has 0 aliphatic heterocycles. The molecule has 0 fully saturated rings. The topological polar surface area (TPSA) is 58.6 Å². The van der Waals surface area contributed by atoms with Crippen LogP contribution in [-0.4, -0.2) is 35.4 Å². The van der Waals surface area contributed by atoms with Gasteiger partial charge in [-0.15, -0.1) is 0 Å². The summed E-state index contributed by atoms with van der Waals surface area (Å²) in [5.74, 6) is -0.475. The molecule has 0 aliphatic rings. The van der Waals surface area contributed by atoms with Crippen molar-refractivity contribution in [3.05, 3.63) is 66.0 Å². The monoisotopic (exact) mass is 386 g/mol. The van der Waals surface area contributed by atoms with Gasteiger partial charge in [0.1, 0.15) is 17.6 Å². The number of halogens is 1. The first-order chi connectivity index (χ1) is 13.4. The molecular weight excluding hydrogens is 359 g/mol. The van der Waals surface area contributed by atoms with E-state index in [1.807, 2.05) is 51.1 Å². The van der Waals surface area contributed by atoms with Gasteiger partial charge >= 0.3 is 0 Å². The largest absolute Gasteiger partial charge is 0.484 e. The van der Waals surface area contributed by atoms with E-state index in [1.54, 1.807) is 0 Å². The van der Waals surface area contributed by atoms with Crippen molar-refractivity contribution in [1.82, 2.24) is 10.2 Å². The molecule has 0 bridgehead atoms. The van der Waals surface area contributed by atoms with Gasteiger partial charge in [-0.1, -0.05) is 37.3 Å². The van der Waals surface area contributed by atoms with Gasteiger partial charge in [0.25, 0.3) is 5.91 Å². The quantitative estimate of drug-likeness (QED) is 0.717. The highest BCUT2D eigenvalue weighted by molar-refractivity contribution is 5.88. The van der Waals surface area contributed by atoms with Gasteiger partial charge in [-0.3, -0.25) is 9.59 Å². The zero-order chi connectivity index (χ0) is 20.5. The van der Waals surface area contributed by atoms with Gasteiger partial charge in [0, 0.05) is 12.6 Å². The zero-order valence-electron chi connectivity index (χ0n) is 16.5. The molecular formula is C22H27FN2O3. The molecule has 0 aromatic heterocycles. The molecule has 0 aliphatic carbocycles. The van der Waals surface area contributed by atoms with Gasteiger partial charge in [-0.2, -0.15) is 0 Å². The number of hydrogen-bond acceptors (Lipinski definition) is 3. The molecule has 1 N–H and O–H groups in total. The number of hydrogen-bond donors (Lipinski definition) is 1. The highest BCUT2D eigenvalue weighted by Crippen LogP contribution is 2.15. The maximum Gasteiger partial charge on any atom is 0.261 e. The van der Waals surface area contributed by atoms with Crippen LogP contribution in [-0.2, 0) is 16.1 Å². The van der Waals surface area contributed by atoms with Crippen LogP contribution in [0.3, 0.4) is 0 Å². The second kappa shape index (κ2) is 10.4. The van der Waals surface area contributed by atoms with Crippen LogP contribution in [0.25, 0.3) is 0 Å². The van der Waals surface area contributed by atoms with Crippen molar-refractivity contribution in [2.75, 3.05) is 6.61 Å². The van der Waals surface area contributed by atoms with Gasteiger partial charge in [0.05, 0.1) is 0 Å². The van der Waals surface area contributed by atoms with Gasteiger partial charge < -0.3 is 15.0 Å². The van der Waals surface area contributed by atoms with Gasteiger partial charge in [-0.25, -0.2) is 4.39 Å². The van der Waals surface area contributed by atoms with Crippen LogP contribution in [0.1, 0.15) is 32.8 Å². The summed E-state index contributed by atoms with van der Waals surface area (Å²) in [6.07, 6.45) is 0.480. The number of nitrogens with zero attached hydrogens (tertiary/aromatic N) is 1. The third-order valence-electron chi connectivity index (χ3n) is 4.19. The summed E-state index contributed by atoms with van der Waals surface area (Å²) >= 11 is 0. The van der Waals surface area contributed by atoms with Crippen LogP contribution in [0.15, 0.2) is 54.6 Å². The number of rotatable bonds is 9. The summed E-state index contributed by atoms with van der Waals surface area (Å²) in [4.78, 5) is 27.1. The number of carbonyl (C=O) groups is 2. The van der Waals surface area contributed by atoms with Gasteiger partial charge in [0.15, 0.2) is 6.61 Å². The second-order valence-electron chi connectivity index (χ2n) is 6.84. The van der Waals surface area contributed by atoms with Gasteiger partial charge in [0.2, 0.25) is 5.91 Å². The van der Waals surface area contributed by atoms with E-state index in [0.717, 1.165) is 5.56 Å². The Kier molecular flexibility index (Phi) is 7.99. The zero-order valence-corrected chi connectivity index (χ0v) is 16.5. The first kappa shape index (κ1) is 21.4. The minimum atomic E-state index is -0.605. The standard InChI is InChI=1S/C22H27FN2O3/c1-4-20(22(27)24-16(2)3)25(14-17-8-6-5-7-9-17)21(26)15-28-19-12-10-18(23)11-13-19/h5-13,16,20H,4,14-15H2,1-3H3,(H,24,27). The van der Waals surface area contributed by atoms with Crippen LogP contribution >= 0.6 is 0 Å². The number of benzene rings is 2. The number of ether oxygens (including phenoxy) is 1. The Bertz CT molecular complexity index is 763. The highest BCUT2D eigenvalue weighted by Gasteiger charge is 2.29. The first-order valence-electron chi connectivity index (χ1n) is 9.42. The van der Waals surface area contributed by atoms with E-state index in [4.69, 9.17) is 4.74 Å². The fraction of sp³-hybridized carbons (Fsp3) is 0.364. The normalized spacial score (nSPS) is 11.8. The fourth-order valence-electron chi connectivity index (χ4n) is 2.84. The van der Waals surface area contributed by atoms with Crippen molar-refractivity contribution in [2.24, 2.45) is 0 Å². The molecule has 0 radical (unpaired) electrons. The molecule has 0 saturated heterocycles. The Labute approximate surface area is 165 Å². The van der Waals surface area contributed by atoms with Crippen LogP contribution in [0.5, 0.6) is 5.75 Å². The third-order valence-corrected chi connectivity index (χ3v) is 4.19. The Balaban J connectivity index is 2.16. The van der Waals surface area contributed by atoms with Crippen LogP contribution < -0.4 is 10.1 Å². The number of amides is 2. The molecule has 150 valence electrons. The van der Waals surface area contributed by atoms with E-state index in [1.165, 1.54) is 29.2 Å². The minimum absolute atomic E-state index is 0.0225. The van der Waals surface area contributed by atoms with E-state index < -0.39 is 6.04 Å². The molecule has 2 amide bonds. The molecule has 1 unspecified atom stereocenters. The fourth-order valence-corrected chi connectivity index (χ4v) is 2.84. The van der Waals surface area contributed by atoms with Crippen molar-refractivity contribution < 1.29 is 18.7 Å². The Hall–Kier alpha value is -2.89. The summed E-state index contributed by atoms with van der Waals surface area (Å²) in [6.45, 7) is 5.70. The van der Waals surface area contributed by atoms with Crippen molar-refractivity contribution in [2.45, 2.75) is 45.8 Å². The number of nitrogens with one attached hydrogen (secondary N) is 1. The predicted octanol–water partition coefficient (Wildman–Crippen LogP) is 3.54. The minimum Gasteiger partial charge on any atom is -0.484 e.